The highest BCUT2D eigenvalue weighted by atomic mass is 14.8. The van der Waals surface area contributed by atoms with Crippen molar-refractivity contribution < 1.29 is 0 Å². The number of aryl methyl sites for hydroxylation is 1. The minimum absolute atomic E-state index is 0.634. The van der Waals surface area contributed by atoms with Gasteiger partial charge in [0, 0.05) is 17.5 Å². The fraction of sp³-hybridized carbons (Fsp3) is 0.250. The van der Waals surface area contributed by atoms with Crippen LogP contribution in [0, 0.1) is 18.3 Å². The van der Waals surface area contributed by atoms with Gasteiger partial charge in [-0.25, -0.2) is 0 Å². The smallest absolute Gasteiger partial charge is 0.101 e. The molecule has 2 heterocycles. The van der Waals surface area contributed by atoms with Gasteiger partial charge in [0.1, 0.15) is 6.07 Å². The molecule has 1 aromatic rings. The fourth-order valence-corrected chi connectivity index (χ4v) is 1.56. The van der Waals surface area contributed by atoms with Gasteiger partial charge >= 0.3 is 0 Å². The number of aliphatic imine (C=N–C) groups is 1. The second kappa shape index (κ2) is 3.66. The molecule has 0 aromatic carbocycles. The first-order chi connectivity index (χ1) is 7.20. The van der Waals surface area contributed by atoms with Crippen molar-refractivity contribution in [2.24, 2.45) is 4.99 Å². The first kappa shape index (κ1) is 9.60. The summed E-state index contributed by atoms with van der Waals surface area (Å²) in [5, 5.41) is 8.79. The van der Waals surface area contributed by atoms with Gasteiger partial charge in [-0.3, -0.25) is 9.98 Å². The van der Waals surface area contributed by atoms with Crippen molar-refractivity contribution >= 4 is 11.3 Å². The Balaban J connectivity index is 2.37. The van der Waals surface area contributed by atoms with E-state index in [1.54, 1.807) is 6.20 Å². The van der Waals surface area contributed by atoms with Crippen LogP contribution in [0.1, 0.15) is 23.7 Å². The van der Waals surface area contributed by atoms with Crippen molar-refractivity contribution in [3.05, 3.63) is 35.2 Å². The SMILES string of the molecule is CC1=NCC(c2cc(C)c(C#N)cn2)=C1. The van der Waals surface area contributed by atoms with E-state index in [1.807, 2.05) is 26.0 Å². The Labute approximate surface area is 88.8 Å². The zero-order chi connectivity index (χ0) is 10.8. The summed E-state index contributed by atoms with van der Waals surface area (Å²) in [6.45, 7) is 4.60. The predicted molar refractivity (Wildman–Crippen MR) is 59.6 cm³/mol. The van der Waals surface area contributed by atoms with Gasteiger partial charge in [-0.05, 0) is 31.6 Å². The molecule has 0 unspecified atom stereocenters. The quantitative estimate of drug-likeness (QED) is 0.692. The molecule has 0 bridgehead atoms. The highest BCUT2D eigenvalue weighted by molar-refractivity contribution is 6.02. The average Bonchev–Trinajstić information content (AvgIpc) is 2.65. The van der Waals surface area contributed by atoms with Gasteiger partial charge in [0.25, 0.3) is 0 Å². The molecule has 0 spiro atoms. The van der Waals surface area contributed by atoms with E-state index in [0.717, 1.165) is 22.5 Å². The van der Waals surface area contributed by atoms with Crippen molar-refractivity contribution in [3.8, 4) is 6.07 Å². The fourth-order valence-electron chi connectivity index (χ4n) is 1.56. The van der Waals surface area contributed by atoms with Crippen LogP contribution in [-0.2, 0) is 0 Å². The van der Waals surface area contributed by atoms with E-state index >= 15 is 0 Å². The minimum Gasteiger partial charge on any atom is -0.285 e. The summed E-state index contributed by atoms with van der Waals surface area (Å²) in [6.07, 6.45) is 3.66. The van der Waals surface area contributed by atoms with Gasteiger partial charge in [0.05, 0.1) is 17.8 Å². The molecule has 3 heteroatoms. The second-order valence-corrected chi connectivity index (χ2v) is 3.62. The number of hydrogen-bond donors (Lipinski definition) is 0. The average molecular weight is 197 g/mol. The zero-order valence-electron chi connectivity index (χ0n) is 8.78. The lowest BCUT2D eigenvalue weighted by Crippen LogP contribution is -1.93. The monoisotopic (exact) mass is 197 g/mol. The number of aromatic nitrogens is 1. The molecule has 0 N–H and O–H groups in total. The van der Waals surface area contributed by atoms with E-state index in [2.05, 4.69) is 16.0 Å². The zero-order valence-corrected chi connectivity index (χ0v) is 8.78. The summed E-state index contributed by atoms with van der Waals surface area (Å²) in [5.41, 5.74) is 4.68. The molecule has 74 valence electrons. The molecular weight excluding hydrogens is 186 g/mol. The first-order valence-electron chi connectivity index (χ1n) is 4.79. The van der Waals surface area contributed by atoms with E-state index < -0.39 is 0 Å². The van der Waals surface area contributed by atoms with Crippen LogP contribution >= 0.6 is 0 Å². The first-order valence-corrected chi connectivity index (χ1v) is 4.79. The Bertz CT molecular complexity index is 504. The third kappa shape index (κ3) is 1.79. The Hall–Kier alpha value is -1.95. The second-order valence-electron chi connectivity index (χ2n) is 3.62. The van der Waals surface area contributed by atoms with E-state index in [0.29, 0.717) is 12.1 Å². The molecule has 3 nitrogen and oxygen atoms in total. The Morgan fingerprint density at radius 3 is 2.73 bits per heavy atom. The maximum atomic E-state index is 8.79. The lowest BCUT2D eigenvalue weighted by atomic mass is 10.1. The largest absolute Gasteiger partial charge is 0.285 e. The molecule has 2 rings (SSSR count). The molecule has 15 heavy (non-hydrogen) atoms. The predicted octanol–water partition coefficient (Wildman–Crippen LogP) is 2.12. The van der Waals surface area contributed by atoms with E-state index in [9.17, 15) is 0 Å². The highest BCUT2D eigenvalue weighted by Crippen LogP contribution is 2.19. The van der Waals surface area contributed by atoms with Gasteiger partial charge in [-0.2, -0.15) is 5.26 Å². The van der Waals surface area contributed by atoms with E-state index in [-0.39, 0.29) is 0 Å². The molecule has 0 saturated heterocycles. The van der Waals surface area contributed by atoms with Crippen LogP contribution in [-0.4, -0.2) is 17.2 Å². The number of pyridine rings is 1. The topological polar surface area (TPSA) is 49.0 Å². The van der Waals surface area contributed by atoms with Crippen LogP contribution in [0.15, 0.2) is 23.3 Å². The molecule has 0 aliphatic carbocycles. The van der Waals surface area contributed by atoms with Gasteiger partial charge in [-0.1, -0.05) is 0 Å². The molecule has 1 aliphatic rings. The molecule has 0 fully saturated rings. The maximum Gasteiger partial charge on any atom is 0.101 e. The van der Waals surface area contributed by atoms with Crippen molar-refractivity contribution in [1.29, 1.82) is 5.26 Å². The number of nitrogens with zero attached hydrogens (tertiary/aromatic N) is 3. The Morgan fingerprint density at radius 1 is 1.40 bits per heavy atom. The van der Waals surface area contributed by atoms with Crippen molar-refractivity contribution in [1.82, 2.24) is 4.98 Å². The van der Waals surface area contributed by atoms with Gasteiger partial charge in [-0.15, -0.1) is 0 Å². The van der Waals surface area contributed by atoms with Crippen LogP contribution in [0.5, 0.6) is 0 Å². The molecular formula is C12H11N3. The van der Waals surface area contributed by atoms with Crippen molar-refractivity contribution in [2.75, 3.05) is 6.54 Å². The third-order valence-electron chi connectivity index (χ3n) is 2.44. The normalized spacial score (nSPS) is 14.5. The van der Waals surface area contributed by atoms with Crippen LogP contribution < -0.4 is 0 Å². The van der Waals surface area contributed by atoms with Crippen molar-refractivity contribution in [2.45, 2.75) is 13.8 Å². The van der Waals surface area contributed by atoms with Gasteiger partial charge in [0.2, 0.25) is 0 Å². The molecule has 1 aromatic heterocycles. The Morgan fingerprint density at radius 2 is 2.20 bits per heavy atom. The van der Waals surface area contributed by atoms with Crippen LogP contribution in [0.2, 0.25) is 0 Å². The highest BCUT2D eigenvalue weighted by Gasteiger charge is 2.09. The van der Waals surface area contributed by atoms with E-state index in [1.165, 1.54) is 0 Å². The standard InChI is InChI=1S/C12H11N3/c1-8-3-12(15-7-11(8)5-13)10-4-9(2)14-6-10/h3-4,7H,6H2,1-2H3. The number of hydrogen-bond acceptors (Lipinski definition) is 3. The Kier molecular flexibility index (Phi) is 2.34. The number of nitriles is 1. The molecule has 1 aliphatic heterocycles. The number of allylic oxidation sites excluding steroid dienone is 1. The van der Waals surface area contributed by atoms with Crippen LogP contribution in [0.25, 0.3) is 5.57 Å². The molecule has 0 amide bonds. The van der Waals surface area contributed by atoms with E-state index in [4.69, 9.17) is 5.26 Å². The number of rotatable bonds is 1. The summed E-state index contributed by atoms with van der Waals surface area (Å²) < 4.78 is 0. The van der Waals surface area contributed by atoms with Gasteiger partial charge < -0.3 is 0 Å². The summed E-state index contributed by atoms with van der Waals surface area (Å²) >= 11 is 0. The lowest BCUT2D eigenvalue weighted by Gasteiger charge is -2.02. The summed E-state index contributed by atoms with van der Waals surface area (Å²) in [7, 11) is 0. The van der Waals surface area contributed by atoms with Crippen molar-refractivity contribution in [3.63, 3.8) is 0 Å². The molecule has 0 atom stereocenters. The summed E-state index contributed by atoms with van der Waals surface area (Å²) in [5.74, 6) is 0. The third-order valence-corrected chi connectivity index (χ3v) is 2.44. The maximum absolute atomic E-state index is 8.79. The lowest BCUT2D eigenvalue weighted by molar-refractivity contribution is 1.18. The minimum atomic E-state index is 0.634. The summed E-state index contributed by atoms with van der Waals surface area (Å²) in [6, 6.07) is 4.05. The summed E-state index contributed by atoms with van der Waals surface area (Å²) in [4.78, 5) is 8.55. The van der Waals surface area contributed by atoms with Gasteiger partial charge in [0.15, 0.2) is 0 Å². The van der Waals surface area contributed by atoms with Crippen LogP contribution in [0.3, 0.4) is 0 Å². The van der Waals surface area contributed by atoms with Crippen LogP contribution in [0.4, 0.5) is 0 Å². The molecule has 0 saturated carbocycles. The molecule has 0 radical (unpaired) electrons.